The van der Waals surface area contributed by atoms with Crippen LogP contribution in [0, 0.1) is 13.8 Å². The third-order valence-corrected chi connectivity index (χ3v) is 1.80. The van der Waals surface area contributed by atoms with Gasteiger partial charge in [0.15, 0.2) is 0 Å². The van der Waals surface area contributed by atoms with E-state index < -0.39 is 0 Å². The molecule has 0 aliphatic heterocycles. The smallest absolute Gasteiger partial charge is 0.118 e. The number of phenols is 1. The summed E-state index contributed by atoms with van der Waals surface area (Å²) in [6.07, 6.45) is 0. The van der Waals surface area contributed by atoms with Gasteiger partial charge in [-0.05, 0) is 37.1 Å². The summed E-state index contributed by atoms with van der Waals surface area (Å²) < 4.78 is 0. The highest BCUT2D eigenvalue weighted by Gasteiger charge is 2.00. The number of hydrogen-bond donors (Lipinski definition) is 2. The fourth-order valence-corrected chi connectivity index (χ4v) is 0.827. The second-order valence-electron chi connectivity index (χ2n) is 2.42. The largest absolute Gasteiger partial charge is 0.508 e. The van der Waals surface area contributed by atoms with Gasteiger partial charge < -0.3 is 10.8 Å². The summed E-state index contributed by atoms with van der Waals surface area (Å²) in [7, 11) is 0. The minimum Gasteiger partial charge on any atom is -0.508 e. The first-order chi connectivity index (χ1) is 5.63. The van der Waals surface area contributed by atoms with Gasteiger partial charge in [-0.2, -0.15) is 0 Å². The first kappa shape index (κ1) is 12.3. The van der Waals surface area contributed by atoms with Crippen molar-refractivity contribution in [2.24, 2.45) is 0 Å². The molecule has 0 aliphatic rings. The molecule has 12 heavy (non-hydrogen) atoms. The van der Waals surface area contributed by atoms with Crippen molar-refractivity contribution < 1.29 is 5.11 Å². The molecule has 0 saturated heterocycles. The topological polar surface area (TPSA) is 46.2 Å². The predicted octanol–water partition coefficient (Wildman–Crippen LogP) is 3.36. The number of halogens is 2. The number of rotatable bonds is 0. The molecule has 1 aromatic rings. The molecule has 0 spiro atoms. The van der Waals surface area contributed by atoms with Crippen molar-refractivity contribution in [3.05, 3.63) is 23.3 Å². The highest BCUT2D eigenvalue weighted by atomic mass is 128. The van der Waals surface area contributed by atoms with Crippen LogP contribution in [-0.4, -0.2) is 5.11 Å². The number of anilines is 1. The van der Waals surface area contributed by atoms with Crippen LogP contribution in [0.2, 0.25) is 0 Å². The Kier molecular flexibility index (Phi) is 5.98. The zero-order valence-electron chi connectivity index (χ0n) is 6.94. The van der Waals surface area contributed by atoms with E-state index >= 15 is 0 Å². The Morgan fingerprint density at radius 1 is 1.17 bits per heavy atom. The normalized spacial score (nSPS) is 8.67. The maximum absolute atomic E-state index is 9.17. The van der Waals surface area contributed by atoms with Crippen molar-refractivity contribution in [2.45, 2.75) is 13.8 Å². The number of benzene rings is 1. The molecule has 1 aromatic carbocycles. The van der Waals surface area contributed by atoms with Gasteiger partial charge in [-0.3, -0.25) is 0 Å². The molecular weight excluding hydrogens is 380 g/mol. The van der Waals surface area contributed by atoms with Crippen LogP contribution in [0.25, 0.3) is 0 Å². The van der Waals surface area contributed by atoms with Crippen molar-refractivity contribution in [1.29, 1.82) is 0 Å². The molecule has 68 valence electrons. The lowest BCUT2D eigenvalue weighted by molar-refractivity contribution is 0.470. The Labute approximate surface area is 95.9 Å². The maximum atomic E-state index is 9.17. The van der Waals surface area contributed by atoms with E-state index in [-0.39, 0.29) is 0 Å². The van der Waals surface area contributed by atoms with Crippen LogP contribution in [0.5, 0.6) is 5.75 Å². The van der Waals surface area contributed by atoms with Crippen molar-refractivity contribution in [2.75, 3.05) is 5.73 Å². The third kappa shape index (κ3) is 2.96. The molecule has 0 aromatic heterocycles. The zero-order valence-corrected chi connectivity index (χ0v) is 11.3. The molecular formula is C8H11I2NO. The van der Waals surface area contributed by atoms with Gasteiger partial charge >= 0.3 is 0 Å². The summed E-state index contributed by atoms with van der Waals surface area (Å²) in [5.41, 5.74) is 8.13. The maximum Gasteiger partial charge on any atom is 0.118 e. The third-order valence-electron chi connectivity index (χ3n) is 1.80. The van der Waals surface area contributed by atoms with Gasteiger partial charge in [0.2, 0.25) is 0 Å². The van der Waals surface area contributed by atoms with Crippen molar-refractivity contribution in [1.82, 2.24) is 0 Å². The lowest BCUT2D eigenvalue weighted by Gasteiger charge is -2.04. The monoisotopic (exact) mass is 391 g/mol. The van der Waals surface area contributed by atoms with Gasteiger partial charge in [-0.25, -0.2) is 0 Å². The van der Waals surface area contributed by atoms with Crippen molar-refractivity contribution in [3.63, 3.8) is 0 Å². The molecule has 0 aliphatic carbocycles. The fraction of sp³-hybridized carbons (Fsp3) is 0.250. The minimum absolute atomic E-state index is 0.312. The number of nitrogen functional groups attached to an aromatic ring is 1. The molecule has 3 N–H and O–H groups in total. The molecule has 0 radical (unpaired) electrons. The Morgan fingerprint density at radius 3 is 2.08 bits per heavy atom. The first-order valence-electron chi connectivity index (χ1n) is 3.32. The highest BCUT2D eigenvalue weighted by molar-refractivity contribution is 15.0. The summed E-state index contributed by atoms with van der Waals surface area (Å²) in [6, 6.07) is 3.31. The van der Waals surface area contributed by atoms with Crippen molar-refractivity contribution in [3.8, 4) is 5.75 Å². The van der Waals surface area contributed by atoms with E-state index in [9.17, 15) is 0 Å². The molecule has 0 amide bonds. The van der Waals surface area contributed by atoms with E-state index in [0.717, 1.165) is 16.8 Å². The minimum atomic E-state index is 0.312. The molecule has 0 saturated carbocycles. The van der Waals surface area contributed by atoms with Crippen molar-refractivity contribution >= 4 is 42.9 Å². The average Bonchev–Trinajstić information content (AvgIpc) is 2.12. The fourth-order valence-electron chi connectivity index (χ4n) is 0.827. The summed E-state index contributed by atoms with van der Waals surface area (Å²) in [6.45, 7) is 3.74. The van der Waals surface area contributed by atoms with E-state index in [2.05, 4.69) is 37.2 Å². The highest BCUT2D eigenvalue weighted by Crippen LogP contribution is 2.23. The average molecular weight is 391 g/mol. The first-order valence-corrected chi connectivity index (χ1v) is 9.60. The van der Waals surface area contributed by atoms with E-state index in [1.165, 1.54) is 0 Å². The second-order valence-corrected chi connectivity index (χ2v) is 2.42. The summed E-state index contributed by atoms with van der Waals surface area (Å²) >= 11 is 4.24. The molecule has 4 heteroatoms. The Balaban J connectivity index is 0.000000561. The van der Waals surface area contributed by atoms with Gasteiger partial charge in [0.25, 0.3) is 0 Å². The van der Waals surface area contributed by atoms with Crippen LogP contribution in [0.15, 0.2) is 12.1 Å². The molecule has 0 unspecified atom stereocenters. The Morgan fingerprint density at radius 2 is 1.67 bits per heavy atom. The summed E-state index contributed by atoms with van der Waals surface area (Å²) in [5, 5.41) is 9.17. The van der Waals surface area contributed by atoms with Crippen LogP contribution in [0.3, 0.4) is 0 Å². The number of hydrogen-bond acceptors (Lipinski definition) is 2. The molecule has 1 rings (SSSR count). The van der Waals surface area contributed by atoms with E-state index in [1.807, 2.05) is 13.8 Å². The molecule has 2 nitrogen and oxygen atoms in total. The summed E-state index contributed by atoms with van der Waals surface area (Å²) in [5.74, 6) is 0.312. The standard InChI is InChI=1S/C8H11NO.I2/c1-5-6(2)8(10)4-3-7(5)9;1-2/h3-4,10H,9H2,1-2H3;. The Bertz CT molecular complexity index is 236. The molecule has 0 heterocycles. The van der Waals surface area contributed by atoms with Crippen LogP contribution in [-0.2, 0) is 0 Å². The van der Waals surface area contributed by atoms with E-state index in [4.69, 9.17) is 10.8 Å². The van der Waals surface area contributed by atoms with E-state index in [0.29, 0.717) is 5.75 Å². The summed E-state index contributed by atoms with van der Waals surface area (Å²) in [4.78, 5) is 0. The number of aromatic hydroxyl groups is 1. The van der Waals surface area contributed by atoms with E-state index in [1.54, 1.807) is 12.1 Å². The van der Waals surface area contributed by atoms with Crippen LogP contribution in [0.1, 0.15) is 11.1 Å². The van der Waals surface area contributed by atoms with Gasteiger partial charge in [0.1, 0.15) is 5.75 Å². The SMILES string of the molecule is Cc1c(N)ccc(O)c1C.II. The number of phenolic OH excluding ortho intramolecular Hbond substituents is 1. The van der Waals surface area contributed by atoms with Gasteiger partial charge in [-0.1, -0.05) is 0 Å². The van der Waals surface area contributed by atoms with Crippen LogP contribution < -0.4 is 5.73 Å². The van der Waals surface area contributed by atoms with Gasteiger partial charge in [-0.15, -0.1) is 0 Å². The van der Waals surface area contributed by atoms with Gasteiger partial charge in [0, 0.05) is 42.9 Å². The molecule has 0 bridgehead atoms. The second kappa shape index (κ2) is 5.85. The Hall–Kier alpha value is 0.280. The predicted molar refractivity (Wildman–Crippen MR) is 70.0 cm³/mol. The van der Waals surface area contributed by atoms with Crippen LogP contribution in [0.4, 0.5) is 5.69 Å². The quantitative estimate of drug-likeness (QED) is 0.405. The van der Waals surface area contributed by atoms with Gasteiger partial charge in [0.05, 0.1) is 0 Å². The lowest BCUT2D eigenvalue weighted by atomic mass is 10.1. The molecule has 0 atom stereocenters. The molecule has 0 fully saturated rings. The zero-order chi connectivity index (χ0) is 9.72. The number of nitrogens with two attached hydrogens (primary N) is 1. The lowest BCUT2D eigenvalue weighted by Crippen LogP contribution is -1.91. The van der Waals surface area contributed by atoms with Crippen LogP contribution >= 0.6 is 37.2 Å².